The van der Waals surface area contributed by atoms with Crippen molar-refractivity contribution in [3.63, 3.8) is 0 Å². The maximum atomic E-state index is 14.1. The number of hydrogen-bond acceptors (Lipinski definition) is 4. The summed E-state index contributed by atoms with van der Waals surface area (Å²) >= 11 is 5.11. The number of pyridine rings is 1. The average Bonchev–Trinajstić information content (AvgIpc) is 2.60. The lowest BCUT2D eigenvalue weighted by molar-refractivity contribution is 0.0976. The Morgan fingerprint density at radius 3 is 2.81 bits per heavy atom. The third kappa shape index (κ3) is 5.77. The molecule has 0 spiro atoms. The van der Waals surface area contributed by atoms with Crippen molar-refractivity contribution < 1.29 is 13.9 Å². The van der Waals surface area contributed by atoms with E-state index in [9.17, 15) is 9.18 Å². The predicted molar refractivity (Wildman–Crippen MR) is 104 cm³/mol. The van der Waals surface area contributed by atoms with Gasteiger partial charge in [-0.3, -0.25) is 15.1 Å². The highest BCUT2D eigenvalue weighted by Gasteiger charge is 2.12. The summed E-state index contributed by atoms with van der Waals surface area (Å²) < 4.78 is 19.5. The summed E-state index contributed by atoms with van der Waals surface area (Å²) in [5, 5.41) is 5.42. The number of thiocarbonyl (C=S) groups is 1. The fourth-order valence-corrected chi connectivity index (χ4v) is 2.50. The lowest BCUT2D eigenvalue weighted by Gasteiger charge is -2.12. The monoisotopic (exact) mass is 375 g/mol. The molecule has 0 radical (unpaired) electrons. The molecule has 2 rings (SSSR count). The molecule has 1 heterocycles. The number of nitrogens with one attached hydrogen (secondary N) is 2. The molecule has 138 valence electrons. The number of anilines is 1. The van der Waals surface area contributed by atoms with Crippen molar-refractivity contribution >= 4 is 28.9 Å². The number of halogens is 1. The minimum Gasteiger partial charge on any atom is -0.491 e. The Bertz CT molecular complexity index is 783. The van der Waals surface area contributed by atoms with Gasteiger partial charge in [-0.2, -0.15) is 0 Å². The van der Waals surface area contributed by atoms with E-state index in [1.807, 2.05) is 0 Å². The topological polar surface area (TPSA) is 63.2 Å². The van der Waals surface area contributed by atoms with Gasteiger partial charge in [-0.05, 0) is 49.8 Å². The number of nitrogens with zero attached hydrogens (tertiary/aromatic N) is 1. The number of rotatable bonds is 7. The molecule has 0 aliphatic rings. The number of amides is 1. The second-order valence-corrected chi connectivity index (χ2v) is 6.15. The minimum absolute atomic E-state index is 0.0780. The summed E-state index contributed by atoms with van der Waals surface area (Å²) in [5.41, 5.74) is 1.46. The molecule has 0 saturated heterocycles. The number of aromatic nitrogens is 1. The normalized spacial score (nSPS) is 10.3. The maximum Gasteiger partial charge on any atom is 0.259 e. The fraction of sp³-hybridized carbons (Fsp3) is 0.316. The molecule has 1 aromatic heterocycles. The van der Waals surface area contributed by atoms with E-state index >= 15 is 0 Å². The van der Waals surface area contributed by atoms with Crippen LogP contribution in [0.2, 0.25) is 0 Å². The zero-order chi connectivity index (χ0) is 18.9. The number of hydrogen-bond donors (Lipinski definition) is 2. The van der Waals surface area contributed by atoms with Crippen LogP contribution in [0.15, 0.2) is 36.5 Å². The van der Waals surface area contributed by atoms with E-state index in [2.05, 4.69) is 22.5 Å². The van der Waals surface area contributed by atoms with E-state index in [1.54, 1.807) is 37.4 Å². The molecule has 2 aromatic rings. The SMILES string of the molecule is CCCCCOc1ccc(NC(=S)NC(=O)c2cccnc2C)cc1F. The molecular weight excluding hydrogens is 353 g/mol. The van der Waals surface area contributed by atoms with E-state index in [1.165, 1.54) is 6.07 Å². The van der Waals surface area contributed by atoms with E-state index in [0.717, 1.165) is 19.3 Å². The van der Waals surface area contributed by atoms with Gasteiger partial charge in [-0.25, -0.2) is 4.39 Å². The minimum atomic E-state index is -0.483. The highest BCUT2D eigenvalue weighted by atomic mass is 32.1. The molecule has 0 bridgehead atoms. The fourth-order valence-electron chi connectivity index (χ4n) is 2.29. The second kappa shape index (κ2) is 9.82. The van der Waals surface area contributed by atoms with Gasteiger partial charge in [0.15, 0.2) is 16.7 Å². The highest BCUT2D eigenvalue weighted by molar-refractivity contribution is 7.80. The Balaban J connectivity index is 1.91. The smallest absolute Gasteiger partial charge is 0.259 e. The first-order chi connectivity index (χ1) is 12.5. The quantitative estimate of drug-likeness (QED) is 0.560. The molecule has 5 nitrogen and oxygen atoms in total. The molecule has 2 N–H and O–H groups in total. The molecule has 0 aliphatic heterocycles. The molecule has 7 heteroatoms. The summed E-state index contributed by atoms with van der Waals surface area (Å²) in [7, 11) is 0. The Morgan fingerprint density at radius 1 is 1.31 bits per heavy atom. The number of unbranched alkanes of at least 4 members (excludes halogenated alkanes) is 2. The van der Waals surface area contributed by atoms with Gasteiger partial charge in [0.25, 0.3) is 5.91 Å². The van der Waals surface area contributed by atoms with Crippen molar-refractivity contribution in [1.82, 2.24) is 10.3 Å². The number of ether oxygens (including phenoxy) is 1. The van der Waals surface area contributed by atoms with Gasteiger partial charge < -0.3 is 10.1 Å². The third-order valence-electron chi connectivity index (χ3n) is 3.67. The predicted octanol–water partition coefficient (Wildman–Crippen LogP) is 4.22. The molecule has 26 heavy (non-hydrogen) atoms. The molecule has 0 fully saturated rings. The van der Waals surface area contributed by atoms with Gasteiger partial charge >= 0.3 is 0 Å². The molecule has 1 amide bonds. The standard InChI is InChI=1S/C19H22FN3O2S/c1-3-4-5-11-25-17-9-8-14(12-16(17)20)22-19(26)23-18(24)15-7-6-10-21-13(15)2/h6-10,12H,3-5,11H2,1-2H3,(H2,22,23,24,26). The second-order valence-electron chi connectivity index (χ2n) is 5.75. The first-order valence-electron chi connectivity index (χ1n) is 8.47. The lowest BCUT2D eigenvalue weighted by Crippen LogP contribution is -2.34. The summed E-state index contributed by atoms with van der Waals surface area (Å²) in [5.74, 6) is -0.652. The molecule has 0 aliphatic carbocycles. The Labute approximate surface area is 158 Å². The van der Waals surface area contributed by atoms with Crippen LogP contribution in [0.25, 0.3) is 0 Å². The van der Waals surface area contributed by atoms with Crippen LogP contribution in [-0.2, 0) is 0 Å². The maximum absolute atomic E-state index is 14.1. The van der Waals surface area contributed by atoms with Crippen molar-refractivity contribution in [3.8, 4) is 5.75 Å². The summed E-state index contributed by atoms with van der Waals surface area (Å²) in [4.78, 5) is 16.2. The van der Waals surface area contributed by atoms with Crippen LogP contribution < -0.4 is 15.4 Å². The molecule has 0 atom stereocenters. The third-order valence-corrected chi connectivity index (χ3v) is 3.88. The summed E-state index contributed by atoms with van der Waals surface area (Å²) in [6, 6.07) is 7.80. The van der Waals surface area contributed by atoms with Crippen molar-refractivity contribution in [1.29, 1.82) is 0 Å². The highest BCUT2D eigenvalue weighted by Crippen LogP contribution is 2.21. The van der Waals surface area contributed by atoms with Crippen LogP contribution in [0, 0.1) is 12.7 Å². The first kappa shape index (κ1) is 19.8. The zero-order valence-corrected chi connectivity index (χ0v) is 15.7. The van der Waals surface area contributed by atoms with Gasteiger partial charge in [-0.15, -0.1) is 0 Å². The first-order valence-corrected chi connectivity index (χ1v) is 8.88. The van der Waals surface area contributed by atoms with Crippen molar-refractivity contribution in [3.05, 3.63) is 53.6 Å². The van der Waals surface area contributed by atoms with Crippen molar-refractivity contribution in [2.45, 2.75) is 33.1 Å². The van der Waals surface area contributed by atoms with E-state index in [4.69, 9.17) is 17.0 Å². The van der Waals surface area contributed by atoms with Crippen molar-refractivity contribution in [2.24, 2.45) is 0 Å². The van der Waals surface area contributed by atoms with Crippen LogP contribution in [0.5, 0.6) is 5.75 Å². The van der Waals surface area contributed by atoms with Crippen molar-refractivity contribution in [2.75, 3.05) is 11.9 Å². The number of carbonyl (C=O) groups excluding carboxylic acids is 1. The molecule has 0 saturated carbocycles. The Morgan fingerprint density at radius 2 is 2.12 bits per heavy atom. The largest absolute Gasteiger partial charge is 0.491 e. The average molecular weight is 375 g/mol. The Hall–Kier alpha value is -2.54. The van der Waals surface area contributed by atoms with Gasteiger partial charge in [0, 0.05) is 23.6 Å². The van der Waals surface area contributed by atoms with E-state index < -0.39 is 5.82 Å². The van der Waals surface area contributed by atoms with Crippen LogP contribution in [0.4, 0.5) is 10.1 Å². The molecular formula is C19H22FN3O2S. The number of aryl methyl sites for hydroxylation is 1. The Kier molecular flexibility index (Phi) is 7.47. The van der Waals surface area contributed by atoms with Crippen LogP contribution in [0.3, 0.4) is 0 Å². The number of carbonyl (C=O) groups is 1. The number of benzene rings is 1. The molecule has 1 aromatic carbocycles. The summed E-state index contributed by atoms with van der Waals surface area (Å²) in [6.45, 7) is 4.31. The zero-order valence-electron chi connectivity index (χ0n) is 14.8. The van der Waals surface area contributed by atoms with E-state index in [-0.39, 0.29) is 16.8 Å². The van der Waals surface area contributed by atoms with Crippen LogP contribution in [-0.4, -0.2) is 22.6 Å². The lowest BCUT2D eigenvalue weighted by atomic mass is 10.2. The van der Waals surface area contributed by atoms with Crippen LogP contribution in [0.1, 0.15) is 42.2 Å². The summed E-state index contributed by atoms with van der Waals surface area (Å²) in [6.07, 6.45) is 4.62. The van der Waals surface area contributed by atoms with Gasteiger partial charge in [0.05, 0.1) is 12.2 Å². The van der Waals surface area contributed by atoms with Gasteiger partial charge in [0.2, 0.25) is 0 Å². The van der Waals surface area contributed by atoms with Crippen LogP contribution >= 0.6 is 12.2 Å². The van der Waals surface area contributed by atoms with Gasteiger partial charge in [0.1, 0.15) is 0 Å². The van der Waals surface area contributed by atoms with Gasteiger partial charge in [-0.1, -0.05) is 19.8 Å². The van der Waals surface area contributed by atoms with E-state index in [0.29, 0.717) is 23.6 Å². The molecule has 0 unspecified atom stereocenters.